The molecular weight excluding hydrogens is 168 g/mol. The predicted octanol–water partition coefficient (Wildman–Crippen LogP) is 2.11. The summed E-state index contributed by atoms with van der Waals surface area (Å²) in [6.07, 6.45) is 0. The zero-order chi connectivity index (χ0) is 6.53. The van der Waals surface area contributed by atoms with Gasteiger partial charge in [0, 0.05) is 11.1 Å². The normalized spacial score (nSPS) is 7.50. The molecule has 0 aliphatic heterocycles. The summed E-state index contributed by atoms with van der Waals surface area (Å²) in [4.78, 5) is 0. The van der Waals surface area contributed by atoms with Crippen molar-refractivity contribution < 1.29 is 0 Å². The second-order valence-corrected chi connectivity index (χ2v) is 2.30. The van der Waals surface area contributed by atoms with Crippen LogP contribution < -0.4 is 5.32 Å². The van der Waals surface area contributed by atoms with Crippen LogP contribution in [0.25, 0.3) is 0 Å². The second kappa shape index (κ2) is 5.10. The van der Waals surface area contributed by atoms with E-state index in [9.17, 15) is 0 Å². The first-order valence-electron chi connectivity index (χ1n) is 2.56. The van der Waals surface area contributed by atoms with Crippen LogP contribution in [0.2, 0.25) is 0 Å². The maximum atomic E-state index is 8.16. The minimum absolute atomic E-state index is 0. The Morgan fingerprint density at radius 1 is 1.70 bits per heavy atom. The number of thiophene rings is 1. The Morgan fingerprint density at radius 2 is 2.50 bits per heavy atom. The Hall–Kier alpha value is -0.720. The van der Waals surface area contributed by atoms with Crippen LogP contribution in [0, 0.1) is 11.3 Å². The Morgan fingerprint density at radius 3 is 3.00 bits per heavy atom. The quantitative estimate of drug-likeness (QED) is 0.698. The lowest BCUT2D eigenvalue weighted by Gasteiger charge is -1.92. The Labute approximate surface area is 69.9 Å². The van der Waals surface area contributed by atoms with E-state index in [1.54, 1.807) is 11.3 Å². The van der Waals surface area contributed by atoms with Gasteiger partial charge >= 0.3 is 0 Å². The molecule has 4 heteroatoms. The molecule has 0 aliphatic rings. The zero-order valence-corrected chi connectivity index (χ0v) is 6.84. The van der Waals surface area contributed by atoms with Crippen molar-refractivity contribution in [1.29, 1.82) is 5.26 Å². The number of nitrogens with one attached hydrogen (secondary N) is 1. The molecule has 1 aromatic heterocycles. The molecule has 0 amide bonds. The number of halogens is 1. The maximum absolute atomic E-state index is 8.16. The Balaban J connectivity index is 0.000000810. The van der Waals surface area contributed by atoms with Crippen LogP contribution in [-0.4, -0.2) is 6.54 Å². The van der Waals surface area contributed by atoms with Gasteiger partial charge in [0.2, 0.25) is 0 Å². The van der Waals surface area contributed by atoms with Gasteiger partial charge in [0.1, 0.15) is 6.54 Å². The number of nitriles is 1. The number of hydrogen-bond acceptors (Lipinski definition) is 3. The molecule has 54 valence electrons. The van der Waals surface area contributed by atoms with Crippen molar-refractivity contribution in [2.75, 3.05) is 11.9 Å². The van der Waals surface area contributed by atoms with E-state index in [2.05, 4.69) is 5.32 Å². The minimum Gasteiger partial charge on any atom is -0.372 e. The third kappa shape index (κ3) is 2.72. The largest absolute Gasteiger partial charge is 0.372 e. The topological polar surface area (TPSA) is 35.8 Å². The predicted molar refractivity (Wildman–Crippen MR) is 45.7 cm³/mol. The van der Waals surface area contributed by atoms with Crippen molar-refractivity contribution in [3.8, 4) is 6.07 Å². The molecule has 10 heavy (non-hydrogen) atoms. The van der Waals surface area contributed by atoms with Crippen LogP contribution in [-0.2, 0) is 0 Å². The maximum Gasteiger partial charge on any atom is 0.103 e. The fourth-order valence-corrected chi connectivity index (χ4v) is 1.12. The molecule has 0 atom stereocenters. The molecule has 0 aromatic carbocycles. The number of rotatable bonds is 2. The van der Waals surface area contributed by atoms with E-state index in [4.69, 9.17) is 5.26 Å². The van der Waals surface area contributed by atoms with Crippen LogP contribution in [0.1, 0.15) is 0 Å². The molecule has 0 saturated carbocycles. The van der Waals surface area contributed by atoms with E-state index in [1.807, 2.05) is 22.9 Å². The van der Waals surface area contributed by atoms with E-state index >= 15 is 0 Å². The third-order valence-electron chi connectivity index (χ3n) is 0.893. The SMILES string of the molecule is Cl.N#CCNc1ccsc1. The lowest BCUT2D eigenvalue weighted by molar-refractivity contribution is 1.33. The number of hydrogen-bond donors (Lipinski definition) is 1. The Bertz CT molecular complexity index is 202. The second-order valence-electron chi connectivity index (χ2n) is 1.52. The van der Waals surface area contributed by atoms with Crippen LogP contribution >= 0.6 is 23.7 Å². The molecule has 0 saturated heterocycles. The van der Waals surface area contributed by atoms with Gasteiger partial charge in [0.05, 0.1) is 6.07 Å². The van der Waals surface area contributed by atoms with E-state index in [1.165, 1.54) is 0 Å². The highest BCUT2D eigenvalue weighted by Crippen LogP contribution is 2.10. The molecule has 2 nitrogen and oxygen atoms in total. The molecule has 0 bridgehead atoms. The molecule has 0 unspecified atom stereocenters. The molecular formula is C6H7ClN2S. The molecule has 1 N–H and O–H groups in total. The van der Waals surface area contributed by atoms with Crippen LogP contribution in [0.15, 0.2) is 16.8 Å². The van der Waals surface area contributed by atoms with Gasteiger partial charge in [-0.2, -0.15) is 16.6 Å². The highest BCUT2D eigenvalue weighted by Gasteiger charge is 1.86. The fourth-order valence-electron chi connectivity index (χ4n) is 0.507. The van der Waals surface area contributed by atoms with Gasteiger partial charge in [0.15, 0.2) is 0 Å². The van der Waals surface area contributed by atoms with Crippen LogP contribution in [0.3, 0.4) is 0 Å². The summed E-state index contributed by atoms with van der Waals surface area (Å²) in [6, 6.07) is 3.95. The zero-order valence-electron chi connectivity index (χ0n) is 5.20. The molecule has 1 heterocycles. The summed E-state index contributed by atoms with van der Waals surface area (Å²) in [5.74, 6) is 0. The first kappa shape index (κ1) is 9.28. The fraction of sp³-hybridized carbons (Fsp3) is 0.167. The average Bonchev–Trinajstić information content (AvgIpc) is 2.34. The summed E-state index contributed by atoms with van der Waals surface area (Å²) < 4.78 is 0. The highest BCUT2D eigenvalue weighted by molar-refractivity contribution is 7.08. The van der Waals surface area contributed by atoms with E-state index in [0.29, 0.717) is 6.54 Å². The number of anilines is 1. The summed E-state index contributed by atoms with van der Waals surface area (Å²) in [5, 5.41) is 15.0. The molecule has 1 aromatic rings. The first-order chi connectivity index (χ1) is 4.43. The summed E-state index contributed by atoms with van der Waals surface area (Å²) in [6.45, 7) is 0.386. The summed E-state index contributed by atoms with van der Waals surface area (Å²) in [5.41, 5.74) is 1.03. The average molecular weight is 175 g/mol. The van der Waals surface area contributed by atoms with Crippen molar-refractivity contribution >= 4 is 29.4 Å². The Kier molecular flexibility index (Phi) is 4.73. The van der Waals surface area contributed by atoms with Gasteiger partial charge in [0.25, 0.3) is 0 Å². The third-order valence-corrected chi connectivity index (χ3v) is 1.58. The van der Waals surface area contributed by atoms with Crippen LogP contribution in [0.4, 0.5) is 5.69 Å². The number of nitrogens with zero attached hydrogens (tertiary/aromatic N) is 1. The monoisotopic (exact) mass is 174 g/mol. The smallest absolute Gasteiger partial charge is 0.103 e. The van der Waals surface area contributed by atoms with Gasteiger partial charge in [-0.3, -0.25) is 0 Å². The summed E-state index contributed by atoms with van der Waals surface area (Å²) >= 11 is 1.62. The minimum atomic E-state index is 0. The van der Waals surface area contributed by atoms with Crippen molar-refractivity contribution in [2.45, 2.75) is 0 Å². The van der Waals surface area contributed by atoms with Gasteiger partial charge in [-0.05, 0) is 11.4 Å². The molecule has 0 spiro atoms. The van der Waals surface area contributed by atoms with Gasteiger partial charge in [-0.25, -0.2) is 0 Å². The van der Waals surface area contributed by atoms with Crippen LogP contribution in [0.5, 0.6) is 0 Å². The molecule has 0 fully saturated rings. The van der Waals surface area contributed by atoms with Gasteiger partial charge in [-0.1, -0.05) is 0 Å². The van der Waals surface area contributed by atoms with E-state index in [0.717, 1.165) is 5.69 Å². The molecule has 0 aliphatic carbocycles. The first-order valence-corrected chi connectivity index (χ1v) is 3.51. The lowest BCUT2D eigenvalue weighted by Crippen LogP contribution is -1.95. The van der Waals surface area contributed by atoms with Gasteiger partial charge in [-0.15, -0.1) is 12.4 Å². The molecule has 0 radical (unpaired) electrons. The van der Waals surface area contributed by atoms with E-state index in [-0.39, 0.29) is 12.4 Å². The van der Waals surface area contributed by atoms with E-state index < -0.39 is 0 Å². The van der Waals surface area contributed by atoms with Crippen molar-refractivity contribution in [2.24, 2.45) is 0 Å². The highest BCUT2D eigenvalue weighted by atomic mass is 35.5. The standard InChI is InChI=1S/C6H6N2S.ClH/c7-2-3-8-6-1-4-9-5-6;/h1,4-5,8H,3H2;1H. The lowest BCUT2D eigenvalue weighted by atomic mass is 10.5. The summed E-state index contributed by atoms with van der Waals surface area (Å²) in [7, 11) is 0. The van der Waals surface area contributed by atoms with Crippen molar-refractivity contribution in [3.05, 3.63) is 16.8 Å². The van der Waals surface area contributed by atoms with Gasteiger partial charge < -0.3 is 5.32 Å². The van der Waals surface area contributed by atoms with Crippen molar-refractivity contribution in [3.63, 3.8) is 0 Å². The van der Waals surface area contributed by atoms with Crippen molar-refractivity contribution in [1.82, 2.24) is 0 Å². The molecule has 1 rings (SSSR count).